The fourth-order valence-electron chi connectivity index (χ4n) is 6.52. The SMILES string of the molecule is C=CCCC(C)(C)Cc1c(-c2cccnc2C(C)C)[nH]c2ccc(-c3cc(C)cc(CC(C=C)NC)c3)cc12.CC.CN1CCCCN1. The van der Waals surface area contributed by atoms with Crippen molar-refractivity contribution in [3.63, 3.8) is 0 Å². The number of aromatic nitrogens is 2. The Kier molecular flexibility index (Phi) is 15.3. The Hall–Kier alpha value is -3.51. The van der Waals surface area contributed by atoms with Gasteiger partial charge in [0.05, 0.1) is 11.4 Å². The minimum absolute atomic E-state index is 0.137. The van der Waals surface area contributed by atoms with Crippen LogP contribution in [0.2, 0.25) is 0 Å². The molecule has 48 heavy (non-hydrogen) atoms. The van der Waals surface area contributed by atoms with E-state index in [2.05, 4.69) is 124 Å². The van der Waals surface area contributed by atoms with Gasteiger partial charge in [-0.1, -0.05) is 83.5 Å². The second-order valence-electron chi connectivity index (χ2n) is 14.1. The van der Waals surface area contributed by atoms with Crippen LogP contribution in [0.25, 0.3) is 33.3 Å². The molecule has 0 bridgehead atoms. The van der Waals surface area contributed by atoms with Crippen LogP contribution in [0.15, 0.2) is 80.0 Å². The number of pyridine rings is 1. The third-order valence-corrected chi connectivity index (χ3v) is 9.12. The Bertz CT molecular complexity index is 1590. The Labute approximate surface area is 292 Å². The second-order valence-corrected chi connectivity index (χ2v) is 14.1. The van der Waals surface area contributed by atoms with Crippen LogP contribution in [-0.4, -0.2) is 48.2 Å². The quantitative estimate of drug-likeness (QED) is 0.134. The van der Waals surface area contributed by atoms with E-state index >= 15 is 0 Å². The number of fused-ring (bicyclic) bond motifs is 1. The molecular weight excluding hydrogens is 587 g/mol. The van der Waals surface area contributed by atoms with E-state index in [1.165, 1.54) is 69.4 Å². The molecule has 2 aromatic heterocycles. The summed E-state index contributed by atoms with van der Waals surface area (Å²) in [6.45, 7) is 25.7. The Balaban J connectivity index is 0.000000607. The molecular formula is C43H63N5. The Morgan fingerprint density at radius 3 is 2.42 bits per heavy atom. The highest BCUT2D eigenvalue weighted by Crippen LogP contribution is 2.40. The highest BCUT2D eigenvalue weighted by Gasteiger charge is 2.25. The first-order valence-electron chi connectivity index (χ1n) is 18.1. The highest BCUT2D eigenvalue weighted by atomic mass is 15.5. The minimum atomic E-state index is 0.137. The number of H-pyrrole nitrogens is 1. The van der Waals surface area contributed by atoms with Crippen LogP contribution in [0, 0.1) is 12.3 Å². The van der Waals surface area contributed by atoms with Gasteiger partial charge >= 0.3 is 0 Å². The van der Waals surface area contributed by atoms with Crippen LogP contribution in [0.5, 0.6) is 0 Å². The number of rotatable bonds is 12. The molecule has 5 heteroatoms. The monoisotopic (exact) mass is 650 g/mol. The van der Waals surface area contributed by atoms with Gasteiger partial charge in [0.2, 0.25) is 0 Å². The normalized spacial score (nSPS) is 14.1. The third kappa shape index (κ3) is 10.7. The third-order valence-electron chi connectivity index (χ3n) is 9.12. The molecule has 1 saturated heterocycles. The van der Waals surface area contributed by atoms with Crippen LogP contribution >= 0.6 is 0 Å². The number of benzene rings is 2. The molecule has 3 heterocycles. The summed E-state index contributed by atoms with van der Waals surface area (Å²) in [5, 5.41) is 6.79. The van der Waals surface area contributed by atoms with Crippen LogP contribution in [0.3, 0.4) is 0 Å². The van der Waals surface area contributed by atoms with Crippen molar-refractivity contribution in [2.45, 2.75) is 99.0 Å². The summed E-state index contributed by atoms with van der Waals surface area (Å²) < 4.78 is 0. The predicted octanol–water partition coefficient (Wildman–Crippen LogP) is 10.4. The fraction of sp³-hybridized carbons (Fsp3) is 0.465. The molecule has 1 atom stereocenters. The van der Waals surface area contributed by atoms with Gasteiger partial charge < -0.3 is 10.3 Å². The van der Waals surface area contributed by atoms with Gasteiger partial charge in [-0.15, -0.1) is 13.2 Å². The van der Waals surface area contributed by atoms with Gasteiger partial charge in [0.15, 0.2) is 0 Å². The van der Waals surface area contributed by atoms with Gasteiger partial charge in [-0.2, -0.15) is 0 Å². The molecule has 1 fully saturated rings. The molecule has 4 aromatic rings. The maximum Gasteiger partial charge on any atom is 0.0522 e. The smallest absolute Gasteiger partial charge is 0.0522 e. The van der Waals surface area contributed by atoms with Gasteiger partial charge in [-0.25, -0.2) is 5.01 Å². The van der Waals surface area contributed by atoms with Crippen molar-refractivity contribution in [3.8, 4) is 22.4 Å². The lowest BCUT2D eigenvalue weighted by Gasteiger charge is -2.25. The zero-order valence-electron chi connectivity index (χ0n) is 31.5. The molecule has 0 spiro atoms. The van der Waals surface area contributed by atoms with Crippen molar-refractivity contribution in [1.29, 1.82) is 0 Å². The van der Waals surface area contributed by atoms with E-state index in [1.807, 2.05) is 39.2 Å². The van der Waals surface area contributed by atoms with E-state index in [9.17, 15) is 0 Å². The van der Waals surface area contributed by atoms with Crippen molar-refractivity contribution in [1.82, 2.24) is 25.7 Å². The summed E-state index contributed by atoms with van der Waals surface area (Å²) in [4.78, 5) is 8.61. The highest BCUT2D eigenvalue weighted by molar-refractivity contribution is 5.94. The molecule has 2 aromatic carbocycles. The summed E-state index contributed by atoms with van der Waals surface area (Å²) in [5.41, 5.74) is 14.6. The van der Waals surface area contributed by atoms with Crippen LogP contribution in [0.4, 0.5) is 0 Å². The molecule has 0 saturated carbocycles. The summed E-state index contributed by atoms with van der Waals surface area (Å²) in [5.74, 6) is 0.340. The van der Waals surface area contributed by atoms with Gasteiger partial charge in [0.1, 0.15) is 0 Å². The number of nitrogens with one attached hydrogen (secondary N) is 3. The second kappa shape index (κ2) is 18.9. The molecule has 1 aliphatic heterocycles. The predicted molar refractivity (Wildman–Crippen MR) is 211 cm³/mol. The first-order chi connectivity index (χ1) is 23.0. The molecule has 260 valence electrons. The van der Waals surface area contributed by atoms with Crippen molar-refractivity contribution < 1.29 is 0 Å². The van der Waals surface area contributed by atoms with Crippen molar-refractivity contribution in [3.05, 3.63) is 102 Å². The van der Waals surface area contributed by atoms with Crippen molar-refractivity contribution >= 4 is 10.9 Å². The van der Waals surface area contributed by atoms with Crippen LogP contribution in [-0.2, 0) is 12.8 Å². The topological polar surface area (TPSA) is 56.0 Å². The lowest BCUT2D eigenvalue weighted by atomic mass is 9.80. The average molecular weight is 650 g/mol. The lowest BCUT2D eigenvalue weighted by Crippen LogP contribution is -2.39. The van der Waals surface area contributed by atoms with Gasteiger partial charge in [0, 0.05) is 48.8 Å². The molecule has 3 N–H and O–H groups in total. The van der Waals surface area contributed by atoms with E-state index in [-0.39, 0.29) is 11.5 Å². The van der Waals surface area contributed by atoms with Gasteiger partial charge in [0.25, 0.3) is 0 Å². The molecule has 0 radical (unpaired) electrons. The summed E-state index contributed by atoms with van der Waals surface area (Å²) in [6.07, 6.45) is 12.6. The van der Waals surface area contributed by atoms with E-state index < -0.39 is 0 Å². The Morgan fingerprint density at radius 2 is 1.81 bits per heavy atom. The van der Waals surface area contributed by atoms with Crippen molar-refractivity contribution in [2.75, 3.05) is 27.2 Å². The van der Waals surface area contributed by atoms with Crippen molar-refractivity contribution in [2.24, 2.45) is 5.41 Å². The fourth-order valence-corrected chi connectivity index (χ4v) is 6.52. The summed E-state index contributed by atoms with van der Waals surface area (Å²) >= 11 is 0. The molecule has 1 unspecified atom stereocenters. The zero-order valence-corrected chi connectivity index (χ0v) is 31.5. The maximum atomic E-state index is 4.79. The van der Waals surface area contributed by atoms with Crippen LogP contribution in [0.1, 0.15) is 95.5 Å². The number of likely N-dealkylation sites (N-methyl/N-ethyl adjacent to an activating group) is 1. The first kappa shape index (κ1) is 38.9. The molecule has 1 aliphatic rings. The molecule has 5 rings (SSSR count). The average Bonchev–Trinajstić information content (AvgIpc) is 3.44. The molecule has 5 nitrogen and oxygen atoms in total. The van der Waals surface area contributed by atoms with E-state index in [1.54, 1.807) is 0 Å². The van der Waals surface area contributed by atoms with E-state index in [4.69, 9.17) is 4.98 Å². The lowest BCUT2D eigenvalue weighted by molar-refractivity contribution is 0.194. The van der Waals surface area contributed by atoms with Crippen LogP contribution < -0.4 is 10.7 Å². The largest absolute Gasteiger partial charge is 0.354 e. The van der Waals surface area contributed by atoms with E-state index in [0.717, 1.165) is 37.9 Å². The molecule has 0 amide bonds. The minimum Gasteiger partial charge on any atom is -0.354 e. The number of aromatic amines is 1. The standard InChI is InChI=1S/C36H45N3.C5H12N2.C2H6/c1-9-11-16-36(6,7)23-32-31-22-27(28-19-25(5)18-26(20-28)21-29(10-2)37-8)14-15-33(31)39-35(32)30-13-12-17-38-34(30)24(3)4;1-7-5-3-2-4-6-7;1-2/h9-10,12-15,17-20,22,24,29,37,39H,1-2,11,16,21,23H2,3-8H3;6H,2-5H2,1H3;1-2H3. The number of nitrogens with zero attached hydrogens (tertiary/aromatic N) is 2. The van der Waals surface area contributed by atoms with E-state index in [0.29, 0.717) is 5.92 Å². The number of hydrazine groups is 1. The summed E-state index contributed by atoms with van der Waals surface area (Å²) in [6, 6.07) is 18.3. The first-order valence-corrected chi connectivity index (χ1v) is 18.1. The molecule has 0 aliphatic carbocycles. The maximum absolute atomic E-state index is 4.79. The Morgan fingerprint density at radius 1 is 1.04 bits per heavy atom. The van der Waals surface area contributed by atoms with Gasteiger partial charge in [-0.05, 0) is 110 Å². The number of aryl methyl sites for hydroxylation is 1. The zero-order chi connectivity index (χ0) is 35.3. The number of allylic oxidation sites excluding steroid dienone is 1. The number of hydrogen-bond acceptors (Lipinski definition) is 4. The van der Waals surface area contributed by atoms with Gasteiger partial charge in [-0.3, -0.25) is 10.4 Å². The summed E-state index contributed by atoms with van der Waals surface area (Å²) in [7, 11) is 4.07. The number of hydrogen-bond donors (Lipinski definition) is 3.